The molecule has 3 amide bonds. The predicted molar refractivity (Wildman–Crippen MR) is 241 cm³/mol. The topological polar surface area (TPSA) is 182 Å². The van der Waals surface area contributed by atoms with Crippen molar-refractivity contribution in [2.75, 3.05) is 46.0 Å². The number of thioether (sulfide) groups is 1. The van der Waals surface area contributed by atoms with Crippen molar-refractivity contribution >= 4 is 69.5 Å². The van der Waals surface area contributed by atoms with Gasteiger partial charge in [0.1, 0.15) is 58.7 Å². The number of fused-ring (bicyclic) bond motifs is 2. The second kappa shape index (κ2) is 18.5. The number of aromatic nitrogens is 2. The minimum atomic E-state index is -1.41. The van der Waals surface area contributed by atoms with Crippen LogP contribution < -0.4 is 20.1 Å². The van der Waals surface area contributed by atoms with E-state index in [1.54, 1.807) is 23.9 Å². The Hall–Kier alpha value is -3.90. The van der Waals surface area contributed by atoms with Gasteiger partial charge in [-0.15, -0.1) is 11.3 Å². The van der Waals surface area contributed by atoms with E-state index in [1.165, 1.54) is 22.7 Å². The Balaban J connectivity index is 1.09. The fourth-order valence-corrected chi connectivity index (χ4v) is 11.6. The van der Waals surface area contributed by atoms with E-state index < -0.39 is 53.0 Å². The lowest BCUT2D eigenvalue weighted by atomic mass is 9.85. The number of aliphatic carboxylic acids is 1. The molecule has 3 saturated carbocycles. The smallest absolute Gasteiger partial charge is 0.408 e. The Labute approximate surface area is 381 Å². The maximum absolute atomic E-state index is 14.8. The van der Waals surface area contributed by atoms with Gasteiger partial charge in [0.2, 0.25) is 11.8 Å². The van der Waals surface area contributed by atoms with E-state index in [4.69, 9.17) is 40.5 Å². The standard InChI is InChI=1S/C45H59ClN6O9S2/c1-7-27-21-45(27,41(55)56)50-39(53)33-19-29(22-52(33)40(54)38(44(4,5)6)49-42(57)61-28-17-25-16-26(25)18-28)60-35-20-31(32-23-62-43(48-32)63-24(2)3)47-37-30(35)8-9-34(36(37)46)59-15-12-51-10-13-58-14-11-51/h8-9,20,23-29,33,38H,7,10-19,21-22H2,1-6H3,(H,49,57)(H,50,53)(H,55,56)/t25-,26+,27-,28+,29-,33+,38-,45-/m1/s1. The van der Waals surface area contributed by atoms with Crippen molar-refractivity contribution in [3.63, 3.8) is 0 Å². The van der Waals surface area contributed by atoms with Crippen molar-refractivity contribution in [1.29, 1.82) is 0 Å². The van der Waals surface area contributed by atoms with Gasteiger partial charge in [-0.05, 0) is 61.0 Å². The van der Waals surface area contributed by atoms with Gasteiger partial charge in [-0.1, -0.05) is 71.3 Å². The van der Waals surface area contributed by atoms with Crippen LogP contribution >= 0.6 is 34.7 Å². The van der Waals surface area contributed by atoms with Gasteiger partial charge in [-0.25, -0.2) is 19.6 Å². The number of amides is 3. The van der Waals surface area contributed by atoms with Gasteiger partial charge < -0.3 is 39.6 Å². The number of pyridine rings is 1. The number of carboxylic acid groups (broad SMARTS) is 1. The molecule has 4 heterocycles. The van der Waals surface area contributed by atoms with Crippen LogP contribution in [0.4, 0.5) is 4.79 Å². The number of ether oxygens (including phenoxy) is 4. The van der Waals surface area contributed by atoms with Gasteiger partial charge in [-0.3, -0.25) is 14.5 Å². The van der Waals surface area contributed by atoms with Crippen LogP contribution in [0.1, 0.15) is 80.1 Å². The Bertz CT molecular complexity index is 2200. The van der Waals surface area contributed by atoms with Crippen molar-refractivity contribution in [1.82, 2.24) is 30.4 Å². The molecule has 18 heteroatoms. The molecule has 0 radical (unpaired) electrons. The van der Waals surface area contributed by atoms with Crippen LogP contribution in [-0.4, -0.2) is 130 Å². The number of hydrogen-bond donors (Lipinski definition) is 3. The zero-order chi connectivity index (χ0) is 44.8. The van der Waals surface area contributed by atoms with Gasteiger partial charge in [0.15, 0.2) is 4.34 Å². The molecule has 2 saturated heterocycles. The number of morpholine rings is 1. The summed E-state index contributed by atoms with van der Waals surface area (Å²) in [5.74, 6) is -0.336. The zero-order valence-electron chi connectivity index (χ0n) is 36.8. The van der Waals surface area contributed by atoms with E-state index in [-0.39, 0.29) is 25.0 Å². The van der Waals surface area contributed by atoms with Crippen molar-refractivity contribution in [2.24, 2.45) is 23.2 Å². The molecule has 3 N–H and O–H groups in total. The summed E-state index contributed by atoms with van der Waals surface area (Å²) in [6.45, 7) is 15.8. The first-order valence-electron chi connectivity index (χ1n) is 22.2. The fraction of sp³-hybridized carbons (Fsp3) is 0.644. The molecule has 0 unspecified atom stereocenters. The molecule has 8 atom stereocenters. The van der Waals surface area contributed by atoms with Crippen LogP contribution in [0.25, 0.3) is 22.3 Å². The van der Waals surface area contributed by atoms with Gasteiger partial charge in [0.25, 0.3) is 0 Å². The third kappa shape index (κ3) is 10.2. The number of carbonyl (C=O) groups is 4. The van der Waals surface area contributed by atoms with Crippen LogP contribution in [-0.2, 0) is 23.9 Å². The summed E-state index contributed by atoms with van der Waals surface area (Å²) < 4.78 is 25.2. The molecular weight excluding hydrogens is 868 g/mol. The van der Waals surface area contributed by atoms with Gasteiger partial charge in [-0.2, -0.15) is 0 Å². The van der Waals surface area contributed by atoms with E-state index in [0.717, 1.165) is 30.3 Å². The lowest BCUT2D eigenvalue weighted by Crippen LogP contribution is -2.59. The molecule has 342 valence electrons. The summed E-state index contributed by atoms with van der Waals surface area (Å²) in [4.78, 5) is 68.6. The molecule has 63 heavy (non-hydrogen) atoms. The van der Waals surface area contributed by atoms with E-state index in [9.17, 15) is 24.3 Å². The number of halogens is 1. The minimum Gasteiger partial charge on any atom is -0.491 e. The molecule has 2 aromatic heterocycles. The van der Waals surface area contributed by atoms with Crippen LogP contribution in [0.5, 0.6) is 11.5 Å². The average Bonchev–Trinajstić information content (AvgIpc) is 3.91. The molecule has 8 rings (SSSR count). The van der Waals surface area contributed by atoms with Crippen molar-refractivity contribution in [3.8, 4) is 22.9 Å². The molecule has 0 bridgehead atoms. The Morgan fingerprint density at radius 2 is 1.79 bits per heavy atom. The Morgan fingerprint density at radius 1 is 1.05 bits per heavy atom. The number of thiazole rings is 1. The molecule has 15 nitrogen and oxygen atoms in total. The SMILES string of the molecule is CC[C@@H]1C[C@]1(NC(=O)[C@@H]1C[C@@H](Oc2cc(-c3csc(SC(C)C)n3)nc3c(Cl)c(OCCN4CCOCC4)ccc23)CN1C(=O)[C@@H](NC(=O)O[C@@H]1C[C@@H]2C[C@@H]2C1)C(C)(C)C)C(=O)O. The van der Waals surface area contributed by atoms with Crippen LogP contribution in [0.15, 0.2) is 27.9 Å². The number of carboxylic acids is 1. The van der Waals surface area contributed by atoms with Gasteiger partial charge >= 0.3 is 12.1 Å². The molecule has 3 aromatic rings. The minimum absolute atomic E-state index is 0.0228. The van der Waals surface area contributed by atoms with E-state index in [1.807, 2.05) is 39.1 Å². The maximum Gasteiger partial charge on any atom is 0.408 e. The first kappa shape index (κ1) is 45.7. The first-order valence-corrected chi connectivity index (χ1v) is 24.3. The Kier molecular flexibility index (Phi) is 13.4. The Morgan fingerprint density at radius 3 is 2.46 bits per heavy atom. The summed E-state index contributed by atoms with van der Waals surface area (Å²) in [5, 5.41) is 19.1. The molecule has 2 aliphatic heterocycles. The summed E-state index contributed by atoms with van der Waals surface area (Å²) >= 11 is 10.3. The largest absolute Gasteiger partial charge is 0.491 e. The molecule has 1 aromatic carbocycles. The predicted octanol–water partition coefficient (Wildman–Crippen LogP) is 6.88. The summed E-state index contributed by atoms with van der Waals surface area (Å²) in [6.07, 6.45) is 2.15. The molecule has 3 aliphatic carbocycles. The number of hydrogen-bond acceptors (Lipinski definition) is 13. The molecule has 5 fully saturated rings. The van der Waals surface area contributed by atoms with Gasteiger partial charge in [0, 0.05) is 48.1 Å². The second-order valence-electron chi connectivity index (χ2n) is 19.0. The molecule has 0 spiro atoms. The second-order valence-corrected chi connectivity index (χ2v) is 22.1. The van der Waals surface area contributed by atoms with Crippen LogP contribution in [0.3, 0.4) is 0 Å². The highest BCUT2D eigenvalue weighted by Gasteiger charge is 2.61. The zero-order valence-corrected chi connectivity index (χ0v) is 39.2. The lowest BCUT2D eigenvalue weighted by Gasteiger charge is -2.35. The maximum atomic E-state index is 14.8. The number of benzene rings is 1. The summed E-state index contributed by atoms with van der Waals surface area (Å²) in [7, 11) is 0. The number of alkyl carbamates (subject to hydrolysis) is 1. The number of nitrogens with zero attached hydrogens (tertiary/aromatic N) is 4. The van der Waals surface area contributed by atoms with Crippen LogP contribution in [0, 0.1) is 23.2 Å². The van der Waals surface area contributed by atoms with E-state index >= 15 is 0 Å². The van der Waals surface area contributed by atoms with Crippen molar-refractivity contribution in [2.45, 2.75) is 119 Å². The normalized spacial score (nSPS) is 27.2. The highest BCUT2D eigenvalue weighted by molar-refractivity contribution is 8.01. The molecule has 5 aliphatic rings. The monoisotopic (exact) mass is 926 g/mol. The number of carbonyl (C=O) groups excluding carboxylic acids is 3. The van der Waals surface area contributed by atoms with Crippen LogP contribution in [0.2, 0.25) is 5.02 Å². The average molecular weight is 928 g/mol. The third-order valence-electron chi connectivity index (χ3n) is 13.0. The van der Waals surface area contributed by atoms with Crippen molar-refractivity contribution < 1.29 is 43.2 Å². The summed E-state index contributed by atoms with van der Waals surface area (Å²) in [6, 6.07) is 3.27. The first-order chi connectivity index (χ1) is 30.0. The third-order valence-corrected chi connectivity index (χ3v) is 15.4. The van der Waals surface area contributed by atoms with Gasteiger partial charge in [0.05, 0.1) is 31.0 Å². The highest BCUT2D eigenvalue weighted by atomic mass is 35.5. The van der Waals surface area contributed by atoms with E-state index in [0.29, 0.717) is 95.1 Å². The lowest BCUT2D eigenvalue weighted by molar-refractivity contribution is -0.146. The quantitative estimate of drug-likeness (QED) is 0.127. The molecular formula is C45H59ClN6O9S2. The number of nitrogens with one attached hydrogen (secondary N) is 2. The summed E-state index contributed by atoms with van der Waals surface area (Å²) in [5.41, 5.74) is -0.594. The van der Waals surface area contributed by atoms with Crippen molar-refractivity contribution in [3.05, 3.63) is 28.6 Å². The number of rotatable bonds is 16. The highest BCUT2D eigenvalue weighted by Crippen LogP contribution is 2.52. The van der Waals surface area contributed by atoms with E-state index in [2.05, 4.69) is 29.4 Å². The number of likely N-dealkylation sites (tertiary alicyclic amines) is 1. The fourth-order valence-electron chi connectivity index (χ4n) is 9.31.